The van der Waals surface area contributed by atoms with Crippen LogP contribution < -0.4 is 19.7 Å². The Labute approximate surface area is 175 Å². The molecule has 156 valence electrons. The molecule has 0 bridgehead atoms. The van der Waals surface area contributed by atoms with Gasteiger partial charge in [-0.1, -0.05) is 35.0 Å². The summed E-state index contributed by atoms with van der Waals surface area (Å²) in [5, 5.41) is 6.88. The molecule has 0 fully saturated rings. The van der Waals surface area contributed by atoms with E-state index in [1.165, 1.54) is 21.6 Å². The predicted molar refractivity (Wildman–Crippen MR) is 113 cm³/mol. The highest BCUT2D eigenvalue weighted by molar-refractivity contribution is 5.90. The smallest absolute Gasteiger partial charge is 0.281 e. The summed E-state index contributed by atoms with van der Waals surface area (Å²) in [7, 11) is 3.27. The van der Waals surface area contributed by atoms with Gasteiger partial charge in [0.1, 0.15) is 12.2 Å². The first-order valence-corrected chi connectivity index (χ1v) is 9.96. The van der Waals surface area contributed by atoms with E-state index < -0.39 is 0 Å². The van der Waals surface area contributed by atoms with Crippen molar-refractivity contribution in [3.8, 4) is 22.8 Å². The SMILES string of the molecule is COc1cc2c(cc1OC)C[NH+](CC(=O)Nc1cc(-c3ccc(C)cc3)no1)CC2. The van der Waals surface area contributed by atoms with Gasteiger partial charge < -0.3 is 18.9 Å². The number of nitrogens with zero attached hydrogens (tertiary/aromatic N) is 1. The van der Waals surface area contributed by atoms with E-state index in [0.29, 0.717) is 23.9 Å². The molecule has 0 saturated heterocycles. The molecule has 7 nitrogen and oxygen atoms in total. The molecule has 1 aromatic heterocycles. The van der Waals surface area contributed by atoms with Crippen LogP contribution in [0.4, 0.5) is 5.88 Å². The Balaban J connectivity index is 1.38. The minimum atomic E-state index is -0.0967. The first-order valence-electron chi connectivity index (χ1n) is 9.96. The van der Waals surface area contributed by atoms with Gasteiger partial charge in [-0.05, 0) is 24.6 Å². The Kier molecular flexibility index (Phi) is 5.72. The Morgan fingerprint density at radius 3 is 2.50 bits per heavy atom. The van der Waals surface area contributed by atoms with Crippen LogP contribution in [0.15, 0.2) is 47.0 Å². The fourth-order valence-electron chi connectivity index (χ4n) is 3.78. The molecule has 4 rings (SSSR count). The molecule has 0 saturated carbocycles. The summed E-state index contributed by atoms with van der Waals surface area (Å²) in [5.41, 5.74) is 5.26. The maximum absolute atomic E-state index is 12.5. The van der Waals surface area contributed by atoms with Gasteiger partial charge in [-0.2, -0.15) is 0 Å². The van der Waals surface area contributed by atoms with Crippen molar-refractivity contribution in [1.29, 1.82) is 0 Å². The Bertz CT molecular complexity index is 1040. The van der Waals surface area contributed by atoms with Gasteiger partial charge in [0, 0.05) is 23.6 Å². The van der Waals surface area contributed by atoms with Crippen molar-refractivity contribution in [2.75, 3.05) is 32.6 Å². The topological polar surface area (TPSA) is 78.0 Å². The Morgan fingerprint density at radius 2 is 1.80 bits per heavy atom. The van der Waals surface area contributed by atoms with Gasteiger partial charge in [-0.15, -0.1) is 0 Å². The predicted octanol–water partition coefficient (Wildman–Crippen LogP) is 2.25. The number of ether oxygens (including phenoxy) is 2. The Hall–Kier alpha value is -3.32. The van der Waals surface area contributed by atoms with Gasteiger partial charge in [-0.25, -0.2) is 0 Å². The van der Waals surface area contributed by atoms with Crippen LogP contribution in [0.2, 0.25) is 0 Å². The monoisotopic (exact) mass is 408 g/mol. The Morgan fingerprint density at radius 1 is 1.10 bits per heavy atom. The second-order valence-electron chi connectivity index (χ2n) is 7.57. The third kappa shape index (κ3) is 4.31. The molecule has 1 unspecified atom stereocenters. The third-order valence-electron chi connectivity index (χ3n) is 5.42. The second kappa shape index (κ2) is 8.59. The number of aromatic nitrogens is 1. The van der Waals surface area contributed by atoms with Crippen molar-refractivity contribution >= 4 is 11.8 Å². The van der Waals surface area contributed by atoms with Crippen LogP contribution in [0.1, 0.15) is 16.7 Å². The lowest BCUT2D eigenvalue weighted by Gasteiger charge is -2.26. The van der Waals surface area contributed by atoms with Crippen LogP contribution in [0.5, 0.6) is 11.5 Å². The van der Waals surface area contributed by atoms with Gasteiger partial charge in [-0.3, -0.25) is 10.1 Å². The zero-order chi connectivity index (χ0) is 21.1. The first kappa shape index (κ1) is 20.0. The maximum atomic E-state index is 12.5. The quantitative estimate of drug-likeness (QED) is 0.654. The van der Waals surface area contributed by atoms with E-state index in [0.717, 1.165) is 30.8 Å². The van der Waals surface area contributed by atoms with Crippen molar-refractivity contribution < 1.29 is 23.7 Å². The second-order valence-corrected chi connectivity index (χ2v) is 7.57. The minimum absolute atomic E-state index is 0.0967. The van der Waals surface area contributed by atoms with E-state index in [1.807, 2.05) is 43.3 Å². The lowest BCUT2D eigenvalue weighted by Crippen LogP contribution is -3.12. The molecule has 2 heterocycles. The number of fused-ring (bicyclic) bond motifs is 1. The summed E-state index contributed by atoms with van der Waals surface area (Å²) in [6.45, 7) is 4.02. The number of rotatable bonds is 6. The summed E-state index contributed by atoms with van der Waals surface area (Å²) >= 11 is 0. The van der Waals surface area contributed by atoms with Gasteiger partial charge in [0.2, 0.25) is 5.88 Å². The fraction of sp³-hybridized carbons (Fsp3) is 0.304. The van der Waals surface area contributed by atoms with E-state index >= 15 is 0 Å². The zero-order valence-corrected chi connectivity index (χ0v) is 17.5. The number of carbonyl (C=O) groups excluding carboxylic acids is 1. The molecule has 1 aliphatic heterocycles. The molecular formula is C23H26N3O4+. The number of benzene rings is 2. The molecule has 2 N–H and O–H groups in total. The number of nitrogens with one attached hydrogen (secondary N) is 2. The molecule has 0 aliphatic carbocycles. The average Bonchev–Trinajstić information content (AvgIpc) is 3.21. The van der Waals surface area contributed by atoms with Crippen molar-refractivity contribution in [2.24, 2.45) is 0 Å². The number of hydrogen-bond donors (Lipinski definition) is 2. The third-order valence-corrected chi connectivity index (χ3v) is 5.42. The molecule has 1 atom stereocenters. The highest BCUT2D eigenvalue weighted by atomic mass is 16.5. The van der Waals surface area contributed by atoms with E-state index in [1.54, 1.807) is 20.3 Å². The van der Waals surface area contributed by atoms with E-state index in [2.05, 4.69) is 10.5 Å². The lowest BCUT2D eigenvalue weighted by molar-refractivity contribution is -0.907. The van der Waals surface area contributed by atoms with Crippen LogP contribution in [0.25, 0.3) is 11.3 Å². The number of methoxy groups -OCH3 is 2. The van der Waals surface area contributed by atoms with E-state index in [-0.39, 0.29) is 5.91 Å². The largest absolute Gasteiger partial charge is 0.493 e. The summed E-state index contributed by atoms with van der Waals surface area (Å²) in [6.07, 6.45) is 0.887. The van der Waals surface area contributed by atoms with Gasteiger partial charge in [0.15, 0.2) is 18.0 Å². The fourth-order valence-corrected chi connectivity index (χ4v) is 3.78. The van der Waals surface area contributed by atoms with Crippen LogP contribution in [0, 0.1) is 6.92 Å². The highest BCUT2D eigenvalue weighted by Crippen LogP contribution is 2.31. The minimum Gasteiger partial charge on any atom is -0.493 e. The zero-order valence-electron chi connectivity index (χ0n) is 17.5. The molecule has 1 amide bonds. The van der Waals surface area contributed by atoms with Gasteiger partial charge >= 0.3 is 0 Å². The van der Waals surface area contributed by atoms with Crippen molar-refractivity contribution in [2.45, 2.75) is 19.9 Å². The number of amides is 1. The molecule has 0 spiro atoms. The summed E-state index contributed by atoms with van der Waals surface area (Å²) < 4.78 is 16.1. The van der Waals surface area contributed by atoms with Gasteiger partial charge in [0.25, 0.3) is 5.91 Å². The molecule has 2 aromatic carbocycles. The van der Waals surface area contributed by atoms with Crippen molar-refractivity contribution in [1.82, 2.24) is 5.16 Å². The van der Waals surface area contributed by atoms with Crippen LogP contribution in [-0.2, 0) is 17.8 Å². The number of aryl methyl sites for hydroxylation is 1. The maximum Gasteiger partial charge on any atom is 0.281 e. The molecule has 7 heteroatoms. The number of quaternary nitrogens is 1. The van der Waals surface area contributed by atoms with Crippen LogP contribution in [0.3, 0.4) is 0 Å². The number of carbonyl (C=O) groups is 1. The summed E-state index contributed by atoms with van der Waals surface area (Å²) in [6, 6.07) is 13.8. The highest BCUT2D eigenvalue weighted by Gasteiger charge is 2.24. The van der Waals surface area contributed by atoms with Crippen LogP contribution >= 0.6 is 0 Å². The molecule has 0 radical (unpaired) electrons. The van der Waals surface area contributed by atoms with Crippen molar-refractivity contribution in [3.63, 3.8) is 0 Å². The molecule has 3 aromatic rings. The van der Waals surface area contributed by atoms with E-state index in [4.69, 9.17) is 14.0 Å². The standard InChI is InChI=1S/C23H25N3O4/c1-15-4-6-16(7-5-15)19-12-23(30-25-19)24-22(27)14-26-9-8-17-10-20(28-2)21(29-3)11-18(17)13-26/h4-7,10-12H,8-9,13-14H2,1-3H3,(H,24,27)/p+1. The number of anilines is 1. The normalized spacial score (nSPS) is 15.4. The number of hydrogen-bond acceptors (Lipinski definition) is 5. The molecule has 1 aliphatic rings. The summed E-state index contributed by atoms with van der Waals surface area (Å²) in [5.74, 6) is 1.72. The van der Waals surface area contributed by atoms with Gasteiger partial charge in [0.05, 0.1) is 20.8 Å². The van der Waals surface area contributed by atoms with Crippen LogP contribution in [-0.4, -0.2) is 38.4 Å². The lowest BCUT2D eigenvalue weighted by atomic mass is 9.99. The summed E-state index contributed by atoms with van der Waals surface area (Å²) in [4.78, 5) is 13.7. The van der Waals surface area contributed by atoms with E-state index in [9.17, 15) is 4.79 Å². The molecule has 30 heavy (non-hydrogen) atoms. The van der Waals surface area contributed by atoms with Crippen molar-refractivity contribution in [3.05, 3.63) is 59.2 Å². The molecular weight excluding hydrogens is 382 g/mol. The first-order chi connectivity index (χ1) is 14.6. The average molecular weight is 408 g/mol.